The Morgan fingerprint density at radius 1 is 1.24 bits per heavy atom. The highest BCUT2D eigenvalue weighted by Crippen LogP contribution is 2.64. The largest absolute Gasteiger partial charge is 0.324 e. The number of benzene rings is 1. The second kappa shape index (κ2) is 4.95. The zero-order valence-electron chi connectivity index (χ0n) is 12.0. The Morgan fingerprint density at radius 2 is 1.95 bits per heavy atom. The number of hydrogen-bond donors (Lipinski definition) is 1. The Bertz CT molecular complexity index is 670. The van der Waals surface area contributed by atoms with Crippen LogP contribution in [0.4, 0.5) is 10.1 Å². The lowest BCUT2D eigenvalue weighted by atomic mass is 10.0. The average Bonchev–Trinajstić information content (AvgIpc) is 3.03. The van der Waals surface area contributed by atoms with E-state index in [1.165, 1.54) is 17.8 Å². The summed E-state index contributed by atoms with van der Waals surface area (Å²) in [5.41, 5.74) is 1.47. The van der Waals surface area contributed by atoms with Crippen LogP contribution in [0.15, 0.2) is 48.8 Å². The molecule has 1 heterocycles. The van der Waals surface area contributed by atoms with E-state index in [2.05, 4.69) is 24.1 Å². The first-order valence-electron chi connectivity index (χ1n) is 6.96. The monoisotopic (exact) mass is 284 g/mol. The molecule has 1 amide bonds. The van der Waals surface area contributed by atoms with Crippen molar-refractivity contribution in [3.8, 4) is 0 Å². The SMILES string of the molecule is CC1(C)[C@@H](C(=O)Nc2cncc(F)c2)[C@@H]1c1ccccc1. The standard InChI is InChI=1S/C17H17FN2O/c1-17(2)14(11-6-4-3-5-7-11)15(17)16(21)20-13-8-12(18)9-19-10-13/h3-10,14-15H,1-2H3,(H,20,21)/t14-,15+/m0/s1. The van der Waals surface area contributed by atoms with E-state index in [4.69, 9.17) is 0 Å². The first-order valence-corrected chi connectivity index (χ1v) is 6.96. The molecule has 0 saturated heterocycles. The highest BCUT2D eigenvalue weighted by Gasteiger charge is 2.62. The fraction of sp³-hybridized carbons (Fsp3) is 0.294. The van der Waals surface area contributed by atoms with E-state index in [-0.39, 0.29) is 23.2 Å². The van der Waals surface area contributed by atoms with Gasteiger partial charge in [0.05, 0.1) is 24.0 Å². The summed E-state index contributed by atoms with van der Waals surface area (Å²) in [4.78, 5) is 16.2. The Hall–Kier alpha value is -2.23. The summed E-state index contributed by atoms with van der Waals surface area (Å²) < 4.78 is 13.1. The van der Waals surface area contributed by atoms with E-state index in [0.29, 0.717) is 5.69 Å². The molecule has 0 aliphatic heterocycles. The van der Waals surface area contributed by atoms with Crippen LogP contribution in [0.5, 0.6) is 0 Å². The number of aromatic nitrogens is 1. The van der Waals surface area contributed by atoms with Gasteiger partial charge in [0.15, 0.2) is 0 Å². The summed E-state index contributed by atoms with van der Waals surface area (Å²) in [5.74, 6) is -0.452. The molecule has 2 atom stereocenters. The maximum Gasteiger partial charge on any atom is 0.228 e. The van der Waals surface area contributed by atoms with Gasteiger partial charge in [0.2, 0.25) is 5.91 Å². The number of hydrogen-bond acceptors (Lipinski definition) is 2. The van der Waals surface area contributed by atoms with Crippen LogP contribution in [0, 0.1) is 17.2 Å². The maximum atomic E-state index is 13.1. The van der Waals surface area contributed by atoms with Gasteiger partial charge < -0.3 is 5.32 Å². The first kappa shape index (κ1) is 13.7. The van der Waals surface area contributed by atoms with Crippen LogP contribution in [0.2, 0.25) is 0 Å². The van der Waals surface area contributed by atoms with E-state index < -0.39 is 5.82 Å². The first-order chi connectivity index (χ1) is 10.00. The number of anilines is 1. The molecule has 4 heteroatoms. The van der Waals surface area contributed by atoms with Gasteiger partial charge in [-0.2, -0.15) is 0 Å². The molecule has 1 aliphatic carbocycles. The lowest BCUT2D eigenvalue weighted by molar-refractivity contribution is -0.118. The van der Waals surface area contributed by atoms with Crippen LogP contribution < -0.4 is 5.32 Å². The third kappa shape index (κ3) is 2.53. The highest BCUT2D eigenvalue weighted by atomic mass is 19.1. The van der Waals surface area contributed by atoms with Crippen LogP contribution in [-0.4, -0.2) is 10.9 Å². The van der Waals surface area contributed by atoms with Gasteiger partial charge in [0.25, 0.3) is 0 Å². The third-order valence-corrected chi connectivity index (χ3v) is 4.24. The second-order valence-electron chi connectivity index (χ2n) is 6.07. The number of carbonyl (C=O) groups is 1. The molecular formula is C17H17FN2O. The number of rotatable bonds is 3. The van der Waals surface area contributed by atoms with Crippen molar-refractivity contribution in [2.45, 2.75) is 19.8 Å². The molecule has 1 aromatic heterocycles. The second-order valence-corrected chi connectivity index (χ2v) is 6.07. The molecule has 1 N–H and O–H groups in total. The van der Waals surface area contributed by atoms with E-state index in [1.54, 1.807) is 0 Å². The average molecular weight is 284 g/mol. The van der Waals surface area contributed by atoms with Gasteiger partial charge in [-0.1, -0.05) is 44.2 Å². The fourth-order valence-electron chi connectivity index (χ4n) is 3.11. The van der Waals surface area contributed by atoms with Crippen molar-refractivity contribution in [2.75, 3.05) is 5.32 Å². The minimum absolute atomic E-state index is 0.0822. The molecule has 21 heavy (non-hydrogen) atoms. The predicted octanol–water partition coefficient (Wildman–Crippen LogP) is 3.60. The van der Waals surface area contributed by atoms with Crippen molar-refractivity contribution in [2.24, 2.45) is 11.3 Å². The van der Waals surface area contributed by atoms with Gasteiger partial charge in [0, 0.05) is 12.0 Å². The topological polar surface area (TPSA) is 42.0 Å². The molecule has 1 aliphatic rings. The Kier molecular flexibility index (Phi) is 3.24. The number of nitrogens with zero attached hydrogens (tertiary/aromatic N) is 1. The summed E-state index contributed by atoms with van der Waals surface area (Å²) >= 11 is 0. The Labute approximate surface area is 123 Å². The molecule has 2 aromatic rings. The molecule has 0 spiro atoms. The van der Waals surface area contributed by atoms with Crippen molar-refractivity contribution in [1.82, 2.24) is 4.98 Å². The lowest BCUT2D eigenvalue weighted by Crippen LogP contribution is -2.17. The molecule has 0 bridgehead atoms. The van der Waals surface area contributed by atoms with Crippen LogP contribution in [0.25, 0.3) is 0 Å². The van der Waals surface area contributed by atoms with Gasteiger partial charge in [-0.15, -0.1) is 0 Å². The zero-order valence-corrected chi connectivity index (χ0v) is 12.0. The van der Waals surface area contributed by atoms with Crippen molar-refractivity contribution < 1.29 is 9.18 Å². The predicted molar refractivity (Wildman–Crippen MR) is 79.3 cm³/mol. The Morgan fingerprint density at radius 3 is 2.62 bits per heavy atom. The van der Waals surface area contributed by atoms with Gasteiger partial charge in [-0.3, -0.25) is 9.78 Å². The lowest BCUT2D eigenvalue weighted by Gasteiger charge is -2.05. The van der Waals surface area contributed by atoms with Crippen LogP contribution in [0.3, 0.4) is 0 Å². The molecule has 1 fully saturated rings. The molecular weight excluding hydrogens is 267 g/mol. The summed E-state index contributed by atoms with van der Waals surface area (Å²) in [6, 6.07) is 11.3. The van der Waals surface area contributed by atoms with Gasteiger partial charge in [-0.25, -0.2) is 4.39 Å². The van der Waals surface area contributed by atoms with E-state index in [0.717, 1.165) is 6.20 Å². The maximum absolute atomic E-state index is 13.1. The molecule has 108 valence electrons. The highest BCUT2D eigenvalue weighted by molar-refractivity contribution is 5.96. The van der Waals surface area contributed by atoms with Crippen LogP contribution in [-0.2, 0) is 4.79 Å². The van der Waals surface area contributed by atoms with E-state index >= 15 is 0 Å². The van der Waals surface area contributed by atoms with Gasteiger partial charge in [-0.05, 0) is 11.0 Å². The van der Waals surface area contributed by atoms with Gasteiger partial charge in [0.1, 0.15) is 5.82 Å². The van der Waals surface area contributed by atoms with E-state index in [9.17, 15) is 9.18 Å². The minimum atomic E-state index is -0.456. The molecule has 3 rings (SSSR count). The third-order valence-electron chi connectivity index (χ3n) is 4.24. The Balaban J connectivity index is 1.77. The quantitative estimate of drug-likeness (QED) is 0.935. The molecule has 1 saturated carbocycles. The van der Waals surface area contributed by atoms with Crippen molar-refractivity contribution in [3.05, 3.63) is 60.2 Å². The molecule has 1 aromatic carbocycles. The van der Waals surface area contributed by atoms with Gasteiger partial charge >= 0.3 is 0 Å². The fourth-order valence-corrected chi connectivity index (χ4v) is 3.11. The molecule has 0 unspecified atom stereocenters. The summed E-state index contributed by atoms with van der Waals surface area (Å²) in [7, 11) is 0. The number of nitrogens with one attached hydrogen (secondary N) is 1. The van der Waals surface area contributed by atoms with Crippen LogP contribution in [0.1, 0.15) is 25.3 Å². The number of halogens is 1. The van der Waals surface area contributed by atoms with Crippen LogP contribution >= 0.6 is 0 Å². The minimum Gasteiger partial charge on any atom is -0.324 e. The zero-order chi connectivity index (χ0) is 15.0. The number of pyridine rings is 1. The normalized spacial score (nSPS) is 22.6. The number of carbonyl (C=O) groups excluding carboxylic acids is 1. The van der Waals surface area contributed by atoms with Crippen molar-refractivity contribution >= 4 is 11.6 Å². The summed E-state index contributed by atoms with van der Waals surface area (Å²) in [5, 5.41) is 2.76. The number of amides is 1. The van der Waals surface area contributed by atoms with E-state index in [1.807, 2.05) is 30.3 Å². The van der Waals surface area contributed by atoms with Crippen molar-refractivity contribution in [1.29, 1.82) is 0 Å². The molecule has 0 radical (unpaired) electrons. The smallest absolute Gasteiger partial charge is 0.228 e. The van der Waals surface area contributed by atoms with Crippen molar-refractivity contribution in [3.63, 3.8) is 0 Å². The summed E-state index contributed by atoms with van der Waals surface area (Å²) in [6.45, 7) is 4.16. The molecule has 3 nitrogen and oxygen atoms in total. The summed E-state index contributed by atoms with van der Waals surface area (Å²) in [6.07, 6.45) is 2.57.